The van der Waals surface area contributed by atoms with Crippen LogP contribution in [0.3, 0.4) is 0 Å². The number of carbonyl (C=O) groups excluding carboxylic acids is 14. The number of pyridine rings is 1. The summed E-state index contributed by atoms with van der Waals surface area (Å²) in [7, 11) is 5.25. The Bertz CT molecular complexity index is 5000. The lowest BCUT2D eigenvalue weighted by atomic mass is 9.87. The average Bonchev–Trinajstić information content (AvgIpc) is 1.58. The molecule has 2 aromatic carbocycles. The van der Waals surface area contributed by atoms with Crippen LogP contribution in [0.4, 0.5) is 37.1 Å². The van der Waals surface area contributed by atoms with E-state index in [0.717, 1.165) is 56.9 Å². The number of fused-ring (bicyclic) bond motifs is 17. The summed E-state index contributed by atoms with van der Waals surface area (Å²) in [5.74, 6) is -6.23. The molecule has 9 amide bonds. The molecule has 9 heterocycles. The van der Waals surface area contributed by atoms with Crippen LogP contribution in [0.2, 0.25) is 0 Å². The lowest BCUT2D eigenvalue weighted by Gasteiger charge is -2.42. The second-order valence-corrected chi connectivity index (χ2v) is 42.6. The summed E-state index contributed by atoms with van der Waals surface area (Å²) < 4.78 is 88.1. The highest BCUT2D eigenvalue weighted by Gasteiger charge is 2.62. The van der Waals surface area contributed by atoms with Gasteiger partial charge in [0.25, 0.3) is 23.6 Å². The number of benzene rings is 2. The number of aromatic nitrogens is 1. The fourth-order valence-electron chi connectivity index (χ4n) is 22.1. The number of hydrogen-bond donors (Lipinski definition) is 5. The maximum Gasteiger partial charge on any atom is 0.411 e. The van der Waals surface area contributed by atoms with Crippen LogP contribution in [-0.2, 0) is 79.7 Å². The van der Waals surface area contributed by atoms with Crippen molar-refractivity contribution in [3.05, 3.63) is 110 Å². The van der Waals surface area contributed by atoms with Crippen molar-refractivity contribution in [2.75, 3.05) is 35.0 Å². The number of Topliss-reactive ketones (excluding diaryl/α,β-unsaturated/α-hetero) is 1. The molecule has 36 nitrogen and oxygen atoms in total. The van der Waals surface area contributed by atoms with E-state index in [4.69, 9.17) is 42.6 Å². The molecule has 5 unspecified atom stereocenters. The molecule has 3 aromatic rings. The number of piperidine rings is 6. The number of rotatable bonds is 8. The van der Waals surface area contributed by atoms with E-state index in [1.54, 1.807) is 80.5 Å². The highest BCUT2D eigenvalue weighted by molar-refractivity contribution is 6.21. The van der Waals surface area contributed by atoms with Crippen LogP contribution >= 0.6 is 0 Å². The highest BCUT2D eigenvalue weighted by atomic mass is 19.1. The number of nitrogens with zero attached hydrogens (tertiary/aromatic N) is 7. The predicted octanol–water partition coefficient (Wildman–Crippen LogP) is 11.3. The molecule has 6 saturated heterocycles. The summed E-state index contributed by atoms with van der Waals surface area (Å²) in [6.07, 6.45) is 7.59. The van der Waals surface area contributed by atoms with Gasteiger partial charge in [0.2, 0.25) is 5.43 Å². The summed E-state index contributed by atoms with van der Waals surface area (Å²) in [5, 5.41) is 34.2. The lowest BCUT2D eigenvalue weighted by Crippen LogP contribution is -2.54. The maximum absolute atomic E-state index is 13.8. The van der Waals surface area contributed by atoms with Crippen LogP contribution in [0.1, 0.15) is 250 Å². The van der Waals surface area contributed by atoms with E-state index in [2.05, 4.69) is 38.0 Å². The molecule has 750 valence electrons. The van der Waals surface area contributed by atoms with E-state index in [1.807, 2.05) is 62.3 Å². The zero-order valence-corrected chi connectivity index (χ0v) is 81.5. The zero-order valence-electron chi connectivity index (χ0n) is 81.5. The van der Waals surface area contributed by atoms with Crippen molar-refractivity contribution < 1.29 is 140 Å². The van der Waals surface area contributed by atoms with Crippen LogP contribution in [0, 0.1) is 70.7 Å². The summed E-state index contributed by atoms with van der Waals surface area (Å²) in [4.78, 5) is 190. The molecule has 5 N–H and O–H groups in total. The summed E-state index contributed by atoms with van der Waals surface area (Å²) in [6.45, 7) is 37.4. The molecule has 0 spiro atoms. The first-order valence-electron chi connectivity index (χ1n) is 46.3. The third-order valence-corrected chi connectivity index (χ3v) is 27.5. The SMILES string of the molecule is C=C1CC2C[C@@H]1[C@H](C(=O)OC)N2C(=O)OC(C)(C)C.COC(=O)[C@H]1[C@H]2CC(CC2=O)N1C(=O)OC(C)(C)C.COC(=O)[C@H]1[C@H]2CC(C[C@H]2C)N1C(=O)OC(C)(C)C.COC(=O)[C@H]1[C@H]2CC(C[C@H]2O)N1C(=O)OC(C)(C)C.C[C@@H]1CC2C[C@@H]1[C@H](CO)N2C(=O)OC(C)(C)C.C[C@@H]1C[C@H]2C[C@@H]1[C@@H]1Cn3cc(C(=O)NCc4c(F)cc(F)cc4F)c(=O)c(O)c3C(=O)N21.O=C1NC(=O)c2ccccc21.[HH]. The largest absolute Gasteiger partial charge is 0.503 e. The van der Waals surface area contributed by atoms with Crippen molar-refractivity contribution in [3.63, 3.8) is 0 Å². The van der Waals surface area contributed by atoms with Gasteiger partial charge in [-0.15, -0.1) is 0 Å². The molecule has 14 aliphatic rings. The minimum absolute atomic E-state index is 0. The highest BCUT2D eigenvalue weighted by Crippen LogP contribution is 2.53. The molecule has 0 radical (unpaired) electrons. The zero-order chi connectivity index (χ0) is 101. The number of hydrogen-bond acceptors (Lipinski definition) is 27. The van der Waals surface area contributed by atoms with Gasteiger partial charge in [0, 0.05) is 92.9 Å². The Labute approximate surface area is 790 Å². The molecule has 6 aliphatic carbocycles. The van der Waals surface area contributed by atoms with E-state index >= 15 is 0 Å². The second-order valence-electron chi connectivity index (χ2n) is 42.6. The van der Waals surface area contributed by atoms with Crippen LogP contribution in [0.25, 0.3) is 0 Å². The normalized spacial score (nSPS) is 29.4. The molecule has 39 heteroatoms. The first-order valence-corrected chi connectivity index (χ1v) is 46.3. The Hall–Kier alpha value is -11.4. The Kier molecular flexibility index (Phi) is 31.5. The standard InChI is InChI=1S/C22H20F3N3O4.C14H23NO4.C14H21NO4.C13H21NO5.C13H19NO5.C13H23NO3.C8H5NO2.H2/c1-9-2-11-5-12(9)17-8-27-7-14(19(29)20(30)18(27)22(32)28(11)17)21(31)26-6-13-15(24)3-10(23)4-16(13)25;2*1-8-6-9-7-10(8)11(12(16)18-5)15(9)13(17)19-14(2,3)4;2*1-13(2,3)19-12(17)14-7-5-8(9(15)6-7)10(14)11(16)18-4;1-8-5-9-6-10(8)11(7-15)14(9)12(16)17-13(2,3)4;10-7-5-3-1-2-4-6(5)8(11)9-7;/h3-4,7,9,11-12,17,30H,2,5-6,8H2,1H3,(H,26,31);8-11H,6-7H2,1-5H3;9-11H,1,6-7H2,2-5H3;7-10,15H,5-6H2,1-4H3;7-8,10H,5-6H2,1-4H3;8-11,15H,5-7H2,1-4H3;1-4H,(H,9,10,11);1H/t9-,11+,12+,17+;8-,9?,10+,11-;9?,10-,11+;7?,8-,9+,10+;7?,8-,10+;8-,9?,10+,11+;;/m110001../s1. The number of nitrogens with one attached hydrogen (secondary N) is 2. The fraction of sp³-hybridized carbons (Fsp3) is 0.660. The van der Waals surface area contributed by atoms with E-state index in [-0.39, 0.29) is 115 Å². The van der Waals surface area contributed by atoms with Gasteiger partial charge in [-0.3, -0.25) is 58.6 Å². The second kappa shape index (κ2) is 40.7. The van der Waals surface area contributed by atoms with Gasteiger partial charge >= 0.3 is 54.3 Å². The molecular weight excluding hydrogens is 1780 g/mol. The van der Waals surface area contributed by atoms with Crippen molar-refractivity contribution >= 4 is 83.8 Å². The van der Waals surface area contributed by atoms with Gasteiger partial charge in [0.05, 0.1) is 70.3 Å². The molecular formula is C97H134F3N9O27. The minimum atomic E-state index is -1.18. The molecule has 22 atom stereocenters. The van der Waals surface area contributed by atoms with Crippen molar-refractivity contribution in [2.45, 2.75) is 321 Å². The van der Waals surface area contributed by atoms with Crippen molar-refractivity contribution in [3.8, 4) is 5.75 Å². The maximum atomic E-state index is 13.8. The Morgan fingerprint density at radius 3 is 1.35 bits per heavy atom. The van der Waals surface area contributed by atoms with Gasteiger partial charge in [0.1, 0.15) is 81.0 Å². The lowest BCUT2D eigenvalue weighted by molar-refractivity contribution is -0.151. The smallest absolute Gasteiger partial charge is 0.411 e. The number of amides is 9. The summed E-state index contributed by atoms with van der Waals surface area (Å²) in [6, 6.07) is 5.06. The van der Waals surface area contributed by atoms with Gasteiger partial charge in [0.15, 0.2) is 11.4 Å². The van der Waals surface area contributed by atoms with Gasteiger partial charge in [-0.2, -0.15) is 0 Å². The van der Waals surface area contributed by atoms with Gasteiger partial charge < -0.3 is 72.7 Å². The van der Waals surface area contributed by atoms with E-state index in [1.165, 1.54) is 53.9 Å². The van der Waals surface area contributed by atoms with E-state index in [0.29, 0.717) is 85.1 Å². The number of ketones is 1. The van der Waals surface area contributed by atoms with Crippen LogP contribution in [0.15, 0.2) is 59.5 Å². The van der Waals surface area contributed by atoms with Gasteiger partial charge in [-0.05, 0) is 222 Å². The molecule has 136 heavy (non-hydrogen) atoms. The number of carbonyl (C=O) groups is 14. The topological polar surface area (TPSA) is 448 Å². The third-order valence-electron chi connectivity index (χ3n) is 27.5. The van der Waals surface area contributed by atoms with Crippen molar-refractivity contribution in [1.82, 2.24) is 44.6 Å². The number of aliphatic hydroxyl groups excluding tert-OH is 2. The van der Waals surface area contributed by atoms with Crippen LogP contribution < -0.4 is 16.1 Å². The summed E-state index contributed by atoms with van der Waals surface area (Å²) >= 11 is 0. The predicted molar refractivity (Wildman–Crippen MR) is 481 cm³/mol. The Morgan fingerprint density at radius 2 is 0.875 bits per heavy atom. The Balaban J connectivity index is 0.000000168. The van der Waals surface area contributed by atoms with Crippen LogP contribution in [-0.4, -0.2) is 275 Å². The monoisotopic (exact) mass is 1910 g/mol. The number of esters is 4. The molecule has 6 saturated carbocycles. The third kappa shape index (κ3) is 22.5. The number of likely N-dealkylation sites (tertiary alicyclic amines) is 5. The van der Waals surface area contributed by atoms with Gasteiger partial charge in [-0.1, -0.05) is 45.1 Å². The van der Waals surface area contributed by atoms with E-state index in [9.17, 15) is 100 Å². The van der Waals surface area contributed by atoms with Gasteiger partial charge in [-0.25, -0.2) is 56.3 Å². The number of aromatic hydroxyl groups is 1. The van der Waals surface area contributed by atoms with Crippen LogP contribution in [0.5, 0.6) is 5.75 Å². The first kappa shape index (κ1) is 105. The Morgan fingerprint density at radius 1 is 0.493 bits per heavy atom. The van der Waals surface area contributed by atoms with Crippen molar-refractivity contribution in [2.24, 2.45) is 53.3 Å². The fourth-order valence-corrected chi connectivity index (χ4v) is 22.1. The number of ether oxygens (including phenoxy) is 9. The van der Waals surface area contributed by atoms with Crippen molar-refractivity contribution in [1.29, 1.82) is 0 Å². The molecule has 1 aromatic heterocycles. The molecule has 12 fully saturated rings. The number of halogens is 3. The molecule has 12 bridgehead atoms. The molecule has 8 aliphatic heterocycles. The number of methoxy groups -OCH3 is 4. The quantitative estimate of drug-likeness (QED) is 0.0605. The number of aliphatic hydroxyl groups is 2. The van der Waals surface area contributed by atoms with E-state index < -0.39 is 159 Å². The number of imide groups is 1. The molecule has 17 rings (SSSR count). The first-order chi connectivity index (χ1) is 63.3. The average molecular weight is 1920 g/mol. The minimum Gasteiger partial charge on any atom is -0.503 e. The summed E-state index contributed by atoms with van der Waals surface area (Å²) in [5.41, 5.74) is -3.09.